The summed E-state index contributed by atoms with van der Waals surface area (Å²) in [4.78, 5) is 2.25. The molecule has 2 rings (SSSR count). The molecule has 0 amide bonds. The minimum absolute atomic E-state index is 0.0835. The van der Waals surface area contributed by atoms with Crippen LogP contribution in [0.2, 0.25) is 0 Å². The summed E-state index contributed by atoms with van der Waals surface area (Å²) in [6.07, 6.45) is 2.34. The Hall–Kier alpha value is -1.09. The molecule has 0 aromatic heterocycles. The van der Waals surface area contributed by atoms with Crippen LogP contribution in [0.25, 0.3) is 0 Å². The van der Waals surface area contributed by atoms with E-state index < -0.39 is 0 Å². The van der Waals surface area contributed by atoms with E-state index in [0.29, 0.717) is 12.0 Å². The highest BCUT2D eigenvalue weighted by Crippen LogP contribution is 2.32. The van der Waals surface area contributed by atoms with Gasteiger partial charge in [-0.1, -0.05) is 26.8 Å². The summed E-state index contributed by atoms with van der Waals surface area (Å²) in [5.74, 6) is 0.483. The fraction of sp³-hybridized carbons (Fsp3) is 0.647. The molecule has 0 saturated carbocycles. The molecule has 2 unspecified atom stereocenters. The van der Waals surface area contributed by atoms with Crippen molar-refractivity contribution < 1.29 is 4.39 Å². The van der Waals surface area contributed by atoms with Gasteiger partial charge >= 0.3 is 0 Å². The van der Waals surface area contributed by atoms with Crippen LogP contribution < -0.4 is 10.2 Å². The van der Waals surface area contributed by atoms with E-state index >= 15 is 0 Å². The van der Waals surface area contributed by atoms with Crippen molar-refractivity contribution >= 4 is 5.69 Å². The van der Waals surface area contributed by atoms with E-state index in [9.17, 15) is 4.39 Å². The Bertz CT molecular complexity index is 445. The van der Waals surface area contributed by atoms with E-state index in [-0.39, 0.29) is 11.9 Å². The fourth-order valence-corrected chi connectivity index (χ4v) is 3.23. The minimum atomic E-state index is -0.0835. The molecule has 0 aliphatic carbocycles. The number of nitrogens with one attached hydrogen (secondary N) is 1. The second kappa shape index (κ2) is 6.57. The van der Waals surface area contributed by atoms with Crippen molar-refractivity contribution in [2.24, 2.45) is 5.92 Å². The topological polar surface area (TPSA) is 15.3 Å². The summed E-state index contributed by atoms with van der Waals surface area (Å²) in [6, 6.07) is 6.38. The quantitative estimate of drug-likeness (QED) is 0.871. The second-order valence-electron chi connectivity index (χ2n) is 6.14. The Balaban J connectivity index is 2.21. The van der Waals surface area contributed by atoms with Crippen LogP contribution in [-0.2, 0) is 0 Å². The third-order valence-corrected chi connectivity index (χ3v) is 4.36. The van der Waals surface area contributed by atoms with Crippen molar-refractivity contribution in [3.63, 3.8) is 0 Å². The molecular weight excluding hydrogens is 251 g/mol. The predicted octanol–water partition coefficient (Wildman–Crippen LogP) is 4.12. The van der Waals surface area contributed by atoms with Crippen LogP contribution in [0.15, 0.2) is 18.2 Å². The van der Waals surface area contributed by atoms with Gasteiger partial charge < -0.3 is 10.2 Å². The zero-order valence-corrected chi connectivity index (χ0v) is 13.1. The number of nitrogens with zero attached hydrogens (tertiary/aromatic N) is 1. The van der Waals surface area contributed by atoms with Gasteiger partial charge in [-0.15, -0.1) is 0 Å². The molecule has 0 radical (unpaired) electrons. The Kier molecular flexibility index (Phi) is 5.03. The molecule has 1 aromatic rings. The lowest BCUT2D eigenvalue weighted by molar-refractivity contribution is 0.485. The summed E-state index contributed by atoms with van der Waals surface area (Å²) in [7, 11) is 0. The van der Waals surface area contributed by atoms with Crippen LogP contribution in [0.4, 0.5) is 10.1 Å². The van der Waals surface area contributed by atoms with Gasteiger partial charge in [0.2, 0.25) is 0 Å². The summed E-state index contributed by atoms with van der Waals surface area (Å²) in [6.45, 7) is 10.5. The van der Waals surface area contributed by atoms with Gasteiger partial charge in [0.05, 0.1) is 5.69 Å². The predicted molar refractivity (Wildman–Crippen MR) is 83.7 cm³/mol. The van der Waals surface area contributed by atoms with Crippen molar-refractivity contribution in [3.8, 4) is 0 Å². The van der Waals surface area contributed by atoms with Gasteiger partial charge in [-0.2, -0.15) is 0 Å². The standard InChI is InChI=1S/C17H27FN2/c1-5-19-13(4)14-8-9-17(15(18)11-14)20-10-6-7-16(20)12(2)3/h8-9,11-13,16,19H,5-7,10H2,1-4H3. The van der Waals surface area contributed by atoms with Gasteiger partial charge in [-0.05, 0) is 49.9 Å². The van der Waals surface area contributed by atoms with Crippen LogP contribution in [0.5, 0.6) is 0 Å². The highest BCUT2D eigenvalue weighted by atomic mass is 19.1. The maximum Gasteiger partial charge on any atom is 0.146 e. The van der Waals surface area contributed by atoms with Gasteiger partial charge in [0.25, 0.3) is 0 Å². The van der Waals surface area contributed by atoms with Crippen LogP contribution in [-0.4, -0.2) is 19.1 Å². The lowest BCUT2D eigenvalue weighted by Gasteiger charge is -2.30. The molecule has 1 fully saturated rings. The number of halogens is 1. The molecular formula is C17H27FN2. The number of hydrogen-bond donors (Lipinski definition) is 1. The van der Waals surface area contributed by atoms with Crippen molar-refractivity contribution in [2.45, 2.75) is 52.6 Å². The third-order valence-electron chi connectivity index (χ3n) is 4.36. The molecule has 1 aliphatic heterocycles. The van der Waals surface area contributed by atoms with Gasteiger partial charge in [0, 0.05) is 18.6 Å². The molecule has 112 valence electrons. The molecule has 1 saturated heterocycles. The van der Waals surface area contributed by atoms with Crippen LogP contribution in [0.3, 0.4) is 0 Å². The van der Waals surface area contributed by atoms with E-state index in [4.69, 9.17) is 0 Å². The van der Waals surface area contributed by atoms with E-state index in [2.05, 4.69) is 44.0 Å². The Morgan fingerprint density at radius 1 is 1.35 bits per heavy atom. The van der Waals surface area contributed by atoms with Crippen molar-refractivity contribution in [1.29, 1.82) is 0 Å². The minimum Gasteiger partial charge on any atom is -0.366 e. The van der Waals surface area contributed by atoms with Crippen molar-refractivity contribution in [2.75, 3.05) is 18.0 Å². The molecule has 20 heavy (non-hydrogen) atoms. The highest BCUT2D eigenvalue weighted by molar-refractivity contribution is 5.51. The van der Waals surface area contributed by atoms with Crippen molar-refractivity contribution in [3.05, 3.63) is 29.6 Å². The number of benzene rings is 1. The molecule has 1 aromatic carbocycles. The van der Waals surface area contributed by atoms with Gasteiger partial charge in [0.15, 0.2) is 0 Å². The van der Waals surface area contributed by atoms with E-state index in [1.54, 1.807) is 6.07 Å². The summed E-state index contributed by atoms with van der Waals surface area (Å²) in [5.41, 5.74) is 1.79. The van der Waals surface area contributed by atoms with Gasteiger partial charge in [-0.3, -0.25) is 0 Å². The Labute approximate surface area is 122 Å². The van der Waals surface area contributed by atoms with E-state index in [0.717, 1.165) is 30.8 Å². The maximum absolute atomic E-state index is 14.5. The molecule has 0 spiro atoms. The van der Waals surface area contributed by atoms with Crippen LogP contribution >= 0.6 is 0 Å². The lowest BCUT2D eigenvalue weighted by atomic mass is 10.0. The molecule has 3 heteroatoms. The molecule has 0 bridgehead atoms. The molecule has 1 aliphatic rings. The third kappa shape index (κ3) is 3.14. The maximum atomic E-state index is 14.5. The fourth-order valence-electron chi connectivity index (χ4n) is 3.23. The summed E-state index contributed by atoms with van der Waals surface area (Å²) in [5, 5.41) is 3.32. The zero-order valence-electron chi connectivity index (χ0n) is 13.1. The average molecular weight is 278 g/mol. The monoisotopic (exact) mass is 278 g/mol. The van der Waals surface area contributed by atoms with E-state index in [1.807, 2.05) is 6.07 Å². The van der Waals surface area contributed by atoms with Crippen LogP contribution in [0.1, 0.15) is 52.1 Å². The molecule has 2 nitrogen and oxygen atoms in total. The molecule has 1 heterocycles. The Morgan fingerprint density at radius 3 is 2.70 bits per heavy atom. The normalized spacial score (nSPS) is 20.7. The number of anilines is 1. The average Bonchev–Trinajstić information content (AvgIpc) is 2.88. The first-order valence-electron chi connectivity index (χ1n) is 7.84. The first-order valence-corrected chi connectivity index (χ1v) is 7.84. The smallest absolute Gasteiger partial charge is 0.146 e. The second-order valence-corrected chi connectivity index (χ2v) is 6.14. The molecule has 2 atom stereocenters. The number of hydrogen-bond acceptors (Lipinski definition) is 2. The van der Waals surface area contributed by atoms with Crippen LogP contribution in [0, 0.1) is 11.7 Å². The SMILES string of the molecule is CCNC(C)c1ccc(N2CCCC2C(C)C)c(F)c1. The number of rotatable bonds is 5. The largest absolute Gasteiger partial charge is 0.366 e. The van der Waals surface area contributed by atoms with Gasteiger partial charge in [0.1, 0.15) is 5.82 Å². The summed E-state index contributed by atoms with van der Waals surface area (Å²) < 4.78 is 14.5. The van der Waals surface area contributed by atoms with E-state index in [1.165, 1.54) is 6.42 Å². The van der Waals surface area contributed by atoms with Gasteiger partial charge in [-0.25, -0.2) is 4.39 Å². The summed E-state index contributed by atoms with van der Waals surface area (Å²) >= 11 is 0. The first kappa shape index (κ1) is 15.3. The lowest BCUT2D eigenvalue weighted by Crippen LogP contribution is -2.34. The zero-order chi connectivity index (χ0) is 14.7. The highest BCUT2D eigenvalue weighted by Gasteiger charge is 2.28. The first-order chi connectivity index (χ1) is 9.54. The molecule has 1 N–H and O–H groups in total. The Morgan fingerprint density at radius 2 is 2.10 bits per heavy atom. The van der Waals surface area contributed by atoms with Crippen molar-refractivity contribution in [1.82, 2.24) is 5.32 Å².